The smallest absolute Gasteiger partial charge is 0.270 e. The summed E-state index contributed by atoms with van der Waals surface area (Å²) in [5, 5.41) is 2.95. The van der Waals surface area contributed by atoms with E-state index in [1.165, 1.54) is 5.56 Å². The number of anilines is 2. The summed E-state index contributed by atoms with van der Waals surface area (Å²) in [6.07, 6.45) is 0. The van der Waals surface area contributed by atoms with Gasteiger partial charge >= 0.3 is 0 Å². The summed E-state index contributed by atoms with van der Waals surface area (Å²) in [6.45, 7) is 7.11. The highest BCUT2D eigenvalue weighted by Crippen LogP contribution is 2.23. The van der Waals surface area contributed by atoms with Crippen molar-refractivity contribution < 1.29 is 4.79 Å². The van der Waals surface area contributed by atoms with Crippen LogP contribution in [0.15, 0.2) is 60.7 Å². The number of benzene rings is 2. The number of nitrogens with one attached hydrogen (secondary N) is 1. The lowest BCUT2D eigenvalue weighted by atomic mass is 10.1. The second kappa shape index (κ2) is 8.45. The normalized spacial score (nSPS) is 10.5. The molecule has 5 nitrogen and oxygen atoms in total. The van der Waals surface area contributed by atoms with Gasteiger partial charge in [0.1, 0.15) is 17.3 Å². The Morgan fingerprint density at radius 3 is 2.48 bits per heavy atom. The molecule has 0 saturated carbocycles. The van der Waals surface area contributed by atoms with Crippen molar-refractivity contribution in [1.29, 1.82) is 0 Å². The Kier molecular flexibility index (Phi) is 5.81. The second-order valence-electron chi connectivity index (χ2n) is 6.41. The Hall–Kier alpha value is -3.21. The van der Waals surface area contributed by atoms with Crippen molar-refractivity contribution in [2.75, 3.05) is 11.4 Å². The van der Waals surface area contributed by atoms with Crippen molar-refractivity contribution in [2.24, 2.45) is 0 Å². The maximum Gasteiger partial charge on any atom is 0.270 e. The number of carbonyl (C=O) groups is 1. The minimum absolute atomic E-state index is 0.202. The number of hydrogen-bond acceptors (Lipinski definition) is 4. The van der Waals surface area contributed by atoms with Crippen molar-refractivity contribution >= 4 is 17.4 Å². The predicted octanol–water partition coefficient (Wildman–Crippen LogP) is 4.18. The van der Waals surface area contributed by atoms with Crippen molar-refractivity contribution in [3.05, 3.63) is 83.3 Å². The third kappa shape index (κ3) is 4.70. The Balaban J connectivity index is 1.81. The van der Waals surface area contributed by atoms with E-state index in [9.17, 15) is 4.79 Å². The van der Waals surface area contributed by atoms with Crippen molar-refractivity contribution in [3.63, 3.8) is 0 Å². The van der Waals surface area contributed by atoms with Gasteiger partial charge in [-0.3, -0.25) is 4.79 Å². The Bertz CT molecular complexity index is 925. The highest BCUT2D eigenvalue weighted by atomic mass is 16.1. The molecule has 3 rings (SSSR count). The average molecular weight is 360 g/mol. The molecule has 0 saturated heterocycles. The van der Waals surface area contributed by atoms with Gasteiger partial charge < -0.3 is 10.2 Å². The van der Waals surface area contributed by atoms with Gasteiger partial charge in [-0.05, 0) is 38.5 Å². The fourth-order valence-corrected chi connectivity index (χ4v) is 2.99. The molecular formula is C22H24N4O. The lowest BCUT2D eigenvalue weighted by Crippen LogP contribution is -2.25. The molecule has 1 N–H and O–H groups in total. The molecule has 0 spiro atoms. The largest absolute Gasteiger partial charge is 0.347 e. The number of aryl methyl sites for hydroxylation is 2. The molecule has 0 aliphatic heterocycles. The molecule has 5 heteroatoms. The van der Waals surface area contributed by atoms with Gasteiger partial charge in [-0.15, -0.1) is 0 Å². The lowest BCUT2D eigenvalue weighted by molar-refractivity contribution is 0.0945. The molecule has 0 radical (unpaired) electrons. The quantitative estimate of drug-likeness (QED) is 0.716. The highest BCUT2D eigenvalue weighted by Gasteiger charge is 2.15. The summed E-state index contributed by atoms with van der Waals surface area (Å²) in [5.41, 5.74) is 3.64. The first-order valence-corrected chi connectivity index (χ1v) is 9.09. The second-order valence-corrected chi connectivity index (χ2v) is 6.41. The summed E-state index contributed by atoms with van der Waals surface area (Å²) < 4.78 is 0. The zero-order valence-corrected chi connectivity index (χ0v) is 15.9. The minimum Gasteiger partial charge on any atom is -0.347 e. The van der Waals surface area contributed by atoms with Crippen LogP contribution < -0.4 is 10.2 Å². The van der Waals surface area contributed by atoms with Gasteiger partial charge in [0.25, 0.3) is 5.91 Å². The van der Waals surface area contributed by atoms with Crippen LogP contribution in [0.2, 0.25) is 0 Å². The van der Waals surface area contributed by atoms with Crippen LogP contribution in [0, 0.1) is 13.8 Å². The van der Waals surface area contributed by atoms with Gasteiger partial charge in [0.2, 0.25) is 0 Å². The zero-order valence-electron chi connectivity index (χ0n) is 15.9. The first-order chi connectivity index (χ1) is 13.1. The van der Waals surface area contributed by atoms with Gasteiger partial charge in [-0.2, -0.15) is 0 Å². The van der Waals surface area contributed by atoms with Crippen molar-refractivity contribution in [3.8, 4) is 0 Å². The van der Waals surface area contributed by atoms with E-state index in [0.717, 1.165) is 23.6 Å². The standard InChI is InChI=1S/C22H24N4O/c1-4-26(19-11-6-5-7-12-19)21-14-20(24-17(3)25-21)22(27)23-15-18-10-8-9-16(2)13-18/h5-14H,4,15H2,1-3H3,(H,23,27). The topological polar surface area (TPSA) is 58.1 Å². The third-order valence-corrected chi connectivity index (χ3v) is 4.25. The Morgan fingerprint density at radius 2 is 1.78 bits per heavy atom. The molecule has 0 fully saturated rings. The van der Waals surface area contributed by atoms with E-state index in [2.05, 4.69) is 33.2 Å². The summed E-state index contributed by atoms with van der Waals surface area (Å²) in [5.74, 6) is 1.09. The SMILES string of the molecule is CCN(c1ccccc1)c1cc(C(=O)NCc2cccc(C)c2)nc(C)n1. The number of aromatic nitrogens is 2. The minimum atomic E-state index is -0.202. The van der Waals surface area contributed by atoms with E-state index in [1.807, 2.05) is 55.5 Å². The number of amides is 1. The average Bonchev–Trinajstić information content (AvgIpc) is 2.67. The van der Waals surface area contributed by atoms with Gasteiger partial charge in [0.15, 0.2) is 0 Å². The summed E-state index contributed by atoms with van der Waals surface area (Å²) >= 11 is 0. The van der Waals surface area contributed by atoms with E-state index in [-0.39, 0.29) is 5.91 Å². The molecule has 2 aromatic carbocycles. The van der Waals surface area contributed by atoms with E-state index < -0.39 is 0 Å². The van der Waals surface area contributed by atoms with E-state index in [4.69, 9.17) is 0 Å². The van der Waals surface area contributed by atoms with Gasteiger partial charge in [0.05, 0.1) is 0 Å². The van der Waals surface area contributed by atoms with Crippen LogP contribution >= 0.6 is 0 Å². The first kappa shape index (κ1) is 18.6. The summed E-state index contributed by atoms with van der Waals surface area (Å²) in [7, 11) is 0. The van der Waals surface area contributed by atoms with Crippen molar-refractivity contribution in [1.82, 2.24) is 15.3 Å². The van der Waals surface area contributed by atoms with E-state index in [1.54, 1.807) is 13.0 Å². The van der Waals surface area contributed by atoms with Crippen LogP contribution in [0.4, 0.5) is 11.5 Å². The fraction of sp³-hybridized carbons (Fsp3) is 0.227. The first-order valence-electron chi connectivity index (χ1n) is 9.09. The molecular weight excluding hydrogens is 336 g/mol. The van der Waals surface area contributed by atoms with Crippen molar-refractivity contribution in [2.45, 2.75) is 27.3 Å². The van der Waals surface area contributed by atoms with Crippen LogP contribution in [0.5, 0.6) is 0 Å². The summed E-state index contributed by atoms with van der Waals surface area (Å²) in [4.78, 5) is 23.5. The molecule has 0 unspecified atom stereocenters. The molecule has 0 bridgehead atoms. The van der Waals surface area contributed by atoms with Crippen LogP contribution in [-0.2, 0) is 6.54 Å². The van der Waals surface area contributed by atoms with E-state index in [0.29, 0.717) is 18.1 Å². The Morgan fingerprint density at radius 1 is 1.00 bits per heavy atom. The number of para-hydroxylation sites is 1. The molecule has 0 aliphatic carbocycles. The van der Waals surface area contributed by atoms with Crippen LogP contribution in [0.3, 0.4) is 0 Å². The van der Waals surface area contributed by atoms with Gasteiger partial charge in [-0.25, -0.2) is 9.97 Å². The molecule has 27 heavy (non-hydrogen) atoms. The van der Waals surface area contributed by atoms with Gasteiger partial charge in [0, 0.05) is 24.8 Å². The molecule has 0 aliphatic rings. The number of rotatable bonds is 6. The molecule has 138 valence electrons. The maximum atomic E-state index is 12.6. The van der Waals surface area contributed by atoms with Crippen LogP contribution in [0.25, 0.3) is 0 Å². The molecule has 1 amide bonds. The lowest BCUT2D eigenvalue weighted by Gasteiger charge is -2.22. The molecule has 1 aromatic heterocycles. The monoisotopic (exact) mass is 360 g/mol. The molecule has 1 heterocycles. The van der Waals surface area contributed by atoms with Gasteiger partial charge in [-0.1, -0.05) is 48.0 Å². The number of carbonyl (C=O) groups excluding carboxylic acids is 1. The maximum absolute atomic E-state index is 12.6. The molecule has 3 aromatic rings. The summed E-state index contributed by atoms with van der Waals surface area (Å²) in [6, 6.07) is 19.8. The highest BCUT2D eigenvalue weighted by molar-refractivity contribution is 5.93. The van der Waals surface area contributed by atoms with Crippen LogP contribution in [-0.4, -0.2) is 22.4 Å². The molecule has 0 atom stereocenters. The van der Waals surface area contributed by atoms with E-state index >= 15 is 0 Å². The third-order valence-electron chi connectivity index (χ3n) is 4.25. The fourth-order valence-electron chi connectivity index (χ4n) is 2.99. The number of hydrogen-bond donors (Lipinski definition) is 1. The zero-order chi connectivity index (χ0) is 19.2. The Labute approximate surface area is 160 Å². The van der Waals surface area contributed by atoms with Crippen LogP contribution in [0.1, 0.15) is 34.4 Å². The predicted molar refractivity (Wildman–Crippen MR) is 108 cm³/mol. The number of nitrogens with zero attached hydrogens (tertiary/aromatic N) is 3.